The van der Waals surface area contributed by atoms with Crippen LogP contribution in [0.1, 0.15) is 24.0 Å². The van der Waals surface area contributed by atoms with E-state index in [1.165, 1.54) is 6.07 Å². The molecule has 1 fully saturated rings. The van der Waals surface area contributed by atoms with Crippen molar-refractivity contribution in [3.8, 4) is 5.75 Å². The quantitative estimate of drug-likeness (QED) is 0.281. The molecule has 8 heteroatoms. The van der Waals surface area contributed by atoms with E-state index in [-0.39, 0.29) is 47.7 Å². The lowest BCUT2D eigenvalue weighted by Gasteiger charge is -2.19. The molecule has 0 atom stereocenters. The summed E-state index contributed by atoms with van der Waals surface area (Å²) in [5.74, 6) is 0.982. The molecule has 0 heterocycles. The van der Waals surface area contributed by atoms with Crippen molar-refractivity contribution < 1.29 is 13.9 Å². The predicted octanol–water partition coefficient (Wildman–Crippen LogP) is 2.97. The Hall–Kier alpha value is -2.36. The zero-order chi connectivity index (χ0) is 20.7. The number of hydrogen-bond donors (Lipinski definition) is 3. The van der Waals surface area contributed by atoms with Gasteiger partial charge in [-0.2, -0.15) is 0 Å². The Bertz CT molecular complexity index is 870. The van der Waals surface area contributed by atoms with Crippen LogP contribution in [0.5, 0.6) is 5.75 Å². The topological polar surface area (TPSA) is 74.8 Å². The molecular formula is C22H28FIN4O2. The maximum atomic E-state index is 13.5. The van der Waals surface area contributed by atoms with Gasteiger partial charge < -0.3 is 20.7 Å². The SMILES string of the molecule is CN=C(NCC(=O)NCc1ccc(OC)cc1)NCC1(c2cccc(F)c2)CC1.I. The zero-order valence-electron chi connectivity index (χ0n) is 17.2. The van der Waals surface area contributed by atoms with Crippen LogP contribution in [0.3, 0.4) is 0 Å². The van der Waals surface area contributed by atoms with E-state index in [0.29, 0.717) is 19.0 Å². The fourth-order valence-corrected chi connectivity index (χ4v) is 3.18. The van der Waals surface area contributed by atoms with Gasteiger partial charge in [-0.25, -0.2) is 4.39 Å². The highest BCUT2D eigenvalue weighted by atomic mass is 127. The lowest BCUT2D eigenvalue weighted by atomic mass is 9.96. The molecule has 0 unspecified atom stereocenters. The molecule has 0 radical (unpaired) electrons. The highest BCUT2D eigenvalue weighted by molar-refractivity contribution is 14.0. The number of halogens is 2. The molecular weight excluding hydrogens is 498 g/mol. The molecule has 0 spiro atoms. The van der Waals surface area contributed by atoms with Crippen LogP contribution in [0, 0.1) is 5.82 Å². The Morgan fingerprint density at radius 2 is 1.87 bits per heavy atom. The number of amides is 1. The predicted molar refractivity (Wildman–Crippen MR) is 127 cm³/mol. The summed E-state index contributed by atoms with van der Waals surface area (Å²) in [5.41, 5.74) is 1.93. The lowest BCUT2D eigenvalue weighted by Crippen LogP contribution is -2.45. The molecule has 0 bridgehead atoms. The second kappa shape index (κ2) is 11.1. The van der Waals surface area contributed by atoms with Crippen LogP contribution in [0.15, 0.2) is 53.5 Å². The first-order valence-corrected chi connectivity index (χ1v) is 9.65. The van der Waals surface area contributed by atoms with E-state index in [1.807, 2.05) is 30.3 Å². The van der Waals surface area contributed by atoms with Gasteiger partial charge in [-0.15, -0.1) is 24.0 Å². The lowest BCUT2D eigenvalue weighted by molar-refractivity contribution is -0.120. The molecule has 1 aliphatic carbocycles. The van der Waals surface area contributed by atoms with Crippen molar-refractivity contribution in [1.29, 1.82) is 0 Å². The first-order valence-electron chi connectivity index (χ1n) is 9.65. The van der Waals surface area contributed by atoms with Crippen molar-refractivity contribution in [3.63, 3.8) is 0 Å². The van der Waals surface area contributed by atoms with Crippen molar-refractivity contribution in [2.45, 2.75) is 24.8 Å². The summed E-state index contributed by atoms with van der Waals surface area (Å²) in [4.78, 5) is 16.3. The number of aliphatic imine (C=N–C) groups is 1. The van der Waals surface area contributed by atoms with Gasteiger partial charge in [-0.1, -0.05) is 24.3 Å². The van der Waals surface area contributed by atoms with Gasteiger partial charge >= 0.3 is 0 Å². The minimum Gasteiger partial charge on any atom is -0.497 e. The van der Waals surface area contributed by atoms with Gasteiger partial charge in [0.2, 0.25) is 5.91 Å². The fourth-order valence-electron chi connectivity index (χ4n) is 3.18. The number of benzene rings is 2. The number of nitrogens with one attached hydrogen (secondary N) is 3. The third-order valence-electron chi connectivity index (χ3n) is 5.17. The van der Waals surface area contributed by atoms with E-state index in [1.54, 1.807) is 26.3 Å². The zero-order valence-corrected chi connectivity index (χ0v) is 19.5. The Morgan fingerprint density at radius 3 is 2.47 bits per heavy atom. The second-order valence-corrected chi connectivity index (χ2v) is 7.19. The number of guanidine groups is 1. The van der Waals surface area contributed by atoms with E-state index < -0.39 is 0 Å². The van der Waals surface area contributed by atoms with Crippen LogP contribution < -0.4 is 20.7 Å². The molecule has 30 heavy (non-hydrogen) atoms. The van der Waals surface area contributed by atoms with Crippen molar-refractivity contribution >= 4 is 35.8 Å². The average molecular weight is 526 g/mol. The number of rotatable bonds is 8. The second-order valence-electron chi connectivity index (χ2n) is 7.19. The van der Waals surface area contributed by atoms with Crippen LogP contribution >= 0.6 is 24.0 Å². The molecule has 0 aliphatic heterocycles. The average Bonchev–Trinajstić information content (AvgIpc) is 3.54. The maximum absolute atomic E-state index is 13.5. The third-order valence-corrected chi connectivity index (χ3v) is 5.17. The summed E-state index contributed by atoms with van der Waals surface area (Å²) < 4.78 is 18.6. The number of nitrogens with zero attached hydrogens (tertiary/aromatic N) is 1. The maximum Gasteiger partial charge on any atom is 0.239 e. The van der Waals surface area contributed by atoms with Crippen LogP contribution in [0.4, 0.5) is 4.39 Å². The van der Waals surface area contributed by atoms with Crippen LogP contribution in [-0.4, -0.2) is 39.1 Å². The standard InChI is InChI=1S/C22H27FN4O2.HI/c1-24-21(27-15-22(10-11-22)17-4-3-5-18(23)12-17)26-14-20(28)25-13-16-6-8-19(29-2)9-7-16;/h3-9,12H,10-11,13-15H2,1-2H3,(H,25,28)(H2,24,26,27);1H. The molecule has 1 saturated carbocycles. The number of methoxy groups -OCH3 is 1. The summed E-state index contributed by atoms with van der Waals surface area (Å²) in [5, 5.41) is 9.14. The summed E-state index contributed by atoms with van der Waals surface area (Å²) in [7, 11) is 3.28. The molecule has 6 nitrogen and oxygen atoms in total. The summed E-state index contributed by atoms with van der Waals surface area (Å²) >= 11 is 0. The number of carbonyl (C=O) groups excluding carboxylic acids is 1. The van der Waals surface area contributed by atoms with E-state index >= 15 is 0 Å². The number of hydrogen-bond acceptors (Lipinski definition) is 3. The number of ether oxygens (including phenoxy) is 1. The summed E-state index contributed by atoms with van der Waals surface area (Å²) in [6.45, 7) is 1.20. The summed E-state index contributed by atoms with van der Waals surface area (Å²) in [6, 6.07) is 14.3. The Balaban J connectivity index is 0.00000320. The molecule has 162 valence electrons. The molecule has 1 aliphatic rings. The van der Waals surface area contributed by atoms with Gasteiger partial charge in [0.05, 0.1) is 13.7 Å². The molecule has 1 amide bonds. The smallest absolute Gasteiger partial charge is 0.239 e. The molecule has 2 aromatic rings. The van der Waals surface area contributed by atoms with Gasteiger partial charge in [0.1, 0.15) is 11.6 Å². The molecule has 3 rings (SSSR count). The normalized spacial score (nSPS) is 14.3. The Labute approximate surface area is 193 Å². The molecule has 0 saturated heterocycles. The van der Waals surface area contributed by atoms with Crippen molar-refractivity contribution in [2.24, 2.45) is 4.99 Å². The van der Waals surface area contributed by atoms with Crippen LogP contribution in [0.2, 0.25) is 0 Å². The summed E-state index contributed by atoms with van der Waals surface area (Å²) in [6.07, 6.45) is 2.01. The van der Waals surface area contributed by atoms with Gasteiger partial charge in [0.25, 0.3) is 0 Å². The Morgan fingerprint density at radius 1 is 1.13 bits per heavy atom. The van der Waals surface area contributed by atoms with Crippen LogP contribution in [-0.2, 0) is 16.8 Å². The van der Waals surface area contributed by atoms with E-state index in [2.05, 4.69) is 20.9 Å². The van der Waals surface area contributed by atoms with E-state index in [9.17, 15) is 9.18 Å². The molecule has 0 aromatic heterocycles. The monoisotopic (exact) mass is 526 g/mol. The Kier molecular flexibility index (Phi) is 8.88. The first kappa shape index (κ1) is 23.9. The van der Waals surface area contributed by atoms with Gasteiger partial charge in [0.15, 0.2) is 5.96 Å². The fraction of sp³-hybridized carbons (Fsp3) is 0.364. The van der Waals surface area contributed by atoms with Crippen molar-refractivity contribution in [1.82, 2.24) is 16.0 Å². The van der Waals surface area contributed by atoms with Crippen molar-refractivity contribution in [2.75, 3.05) is 27.2 Å². The third kappa shape index (κ3) is 6.58. The highest BCUT2D eigenvalue weighted by Crippen LogP contribution is 2.47. The van der Waals surface area contributed by atoms with Gasteiger partial charge in [-0.05, 0) is 48.2 Å². The van der Waals surface area contributed by atoms with Crippen molar-refractivity contribution in [3.05, 3.63) is 65.5 Å². The number of carbonyl (C=O) groups is 1. The first-order chi connectivity index (χ1) is 14.0. The van der Waals surface area contributed by atoms with Gasteiger partial charge in [0, 0.05) is 25.6 Å². The van der Waals surface area contributed by atoms with Crippen LogP contribution in [0.25, 0.3) is 0 Å². The minimum atomic E-state index is -0.218. The highest BCUT2D eigenvalue weighted by Gasteiger charge is 2.44. The van der Waals surface area contributed by atoms with Gasteiger partial charge in [-0.3, -0.25) is 9.79 Å². The largest absolute Gasteiger partial charge is 0.497 e. The molecule has 2 aromatic carbocycles. The van der Waals surface area contributed by atoms with E-state index in [0.717, 1.165) is 29.7 Å². The minimum absolute atomic E-state index is 0. The molecule has 3 N–H and O–H groups in total. The van der Waals surface area contributed by atoms with E-state index in [4.69, 9.17) is 4.74 Å².